The lowest BCUT2D eigenvalue weighted by Crippen LogP contribution is -2.27. The molecule has 8 heteroatoms. The van der Waals surface area contributed by atoms with Gasteiger partial charge >= 0.3 is 5.97 Å². The lowest BCUT2D eigenvalue weighted by atomic mass is 10.1. The number of carbonyl (C=O) groups excluding carboxylic acids is 3. The minimum Gasteiger partial charge on any atom is -0.493 e. The predicted octanol–water partition coefficient (Wildman–Crippen LogP) is 4.57. The van der Waals surface area contributed by atoms with E-state index in [9.17, 15) is 14.4 Å². The van der Waals surface area contributed by atoms with Gasteiger partial charge in [0, 0.05) is 0 Å². The van der Waals surface area contributed by atoms with E-state index in [1.165, 1.54) is 12.0 Å². The largest absolute Gasteiger partial charge is 0.493 e. The molecule has 0 radical (unpaired) electrons. The molecular weight excluding hydrogens is 430 g/mol. The van der Waals surface area contributed by atoms with Crippen molar-refractivity contribution in [1.29, 1.82) is 0 Å². The maximum Gasteiger partial charge on any atom is 0.344 e. The van der Waals surface area contributed by atoms with Gasteiger partial charge in [-0.15, -0.1) is 0 Å². The number of ether oxygens (including phenoxy) is 3. The topological polar surface area (TPSA) is 82.1 Å². The standard InChI is InChI=1S/C24H25NO6S/c1-15(2)31-22(26)14-30-19-10-9-18(11-20(19)29-4)12-21-23(27)25(24(28)32-21)13-17-7-5-16(3)6-8-17/h5-12,15H,13-14H2,1-4H3/b21-12-. The van der Waals surface area contributed by atoms with Crippen LogP contribution in [0.1, 0.15) is 30.5 Å². The fourth-order valence-electron chi connectivity index (χ4n) is 2.99. The van der Waals surface area contributed by atoms with Crippen LogP contribution in [0.25, 0.3) is 6.08 Å². The van der Waals surface area contributed by atoms with Gasteiger partial charge in [0.1, 0.15) is 0 Å². The van der Waals surface area contributed by atoms with Crippen LogP contribution in [0, 0.1) is 6.92 Å². The summed E-state index contributed by atoms with van der Waals surface area (Å²) in [6, 6.07) is 12.7. The highest BCUT2D eigenvalue weighted by atomic mass is 32.2. The van der Waals surface area contributed by atoms with E-state index >= 15 is 0 Å². The Hall–Kier alpha value is -3.26. The van der Waals surface area contributed by atoms with Gasteiger partial charge in [-0.3, -0.25) is 14.5 Å². The summed E-state index contributed by atoms with van der Waals surface area (Å²) in [5.74, 6) is -0.0440. The SMILES string of the molecule is COc1cc(/C=C2\SC(=O)N(Cc3ccc(C)cc3)C2=O)ccc1OCC(=O)OC(C)C. The Morgan fingerprint density at radius 3 is 2.47 bits per heavy atom. The molecule has 0 spiro atoms. The zero-order chi connectivity index (χ0) is 23.3. The van der Waals surface area contributed by atoms with Crippen molar-refractivity contribution in [2.75, 3.05) is 13.7 Å². The molecule has 1 aliphatic heterocycles. The molecule has 2 aromatic rings. The molecule has 1 heterocycles. The molecule has 0 aliphatic carbocycles. The number of hydrogen-bond acceptors (Lipinski definition) is 7. The molecule has 1 saturated heterocycles. The van der Waals surface area contributed by atoms with E-state index in [2.05, 4.69) is 0 Å². The van der Waals surface area contributed by atoms with Crippen molar-refractivity contribution in [2.24, 2.45) is 0 Å². The summed E-state index contributed by atoms with van der Waals surface area (Å²) in [6.45, 7) is 5.48. The minimum atomic E-state index is -0.478. The molecule has 0 atom stereocenters. The van der Waals surface area contributed by atoms with E-state index in [1.54, 1.807) is 38.1 Å². The van der Waals surface area contributed by atoms with Crippen LogP contribution in [0.15, 0.2) is 47.4 Å². The van der Waals surface area contributed by atoms with Crippen LogP contribution < -0.4 is 9.47 Å². The van der Waals surface area contributed by atoms with Crippen molar-refractivity contribution in [3.8, 4) is 11.5 Å². The number of imide groups is 1. The lowest BCUT2D eigenvalue weighted by Gasteiger charge is -2.13. The highest BCUT2D eigenvalue weighted by Gasteiger charge is 2.35. The van der Waals surface area contributed by atoms with Gasteiger partial charge < -0.3 is 14.2 Å². The second-order valence-corrected chi connectivity index (χ2v) is 8.48. The van der Waals surface area contributed by atoms with Gasteiger partial charge in [0.2, 0.25) is 0 Å². The number of hydrogen-bond donors (Lipinski definition) is 0. The number of aryl methyl sites for hydroxylation is 1. The van der Waals surface area contributed by atoms with E-state index < -0.39 is 5.97 Å². The van der Waals surface area contributed by atoms with E-state index in [4.69, 9.17) is 14.2 Å². The Morgan fingerprint density at radius 2 is 1.81 bits per heavy atom. The normalized spacial score (nSPS) is 14.9. The Morgan fingerprint density at radius 1 is 1.09 bits per heavy atom. The number of nitrogens with zero attached hydrogens (tertiary/aromatic N) is 1. The second kappa shape index (κ2) is 10.4. The first kappa shape index (κ1) is 23.4. The average molecular weight is 456 g/mol. The Labute approximate surface area is 191 Å². The third-order valence-electron chi connectivity index (χ3n) is 4.53. The van der Waals surface area contributed by atoms with Gasteiger partial charge in [0.05, 0.1) is 24.7 Å². The first-order valence-electron chi connectivity index (χ1n) is 10.1. The van der Waals surface area contributed by atoms with E-state index in [0.717, 1.165) is 22.9 Å². The molecule has 0 unspecified atom stereocenters. The zero-order valence-corrected chi connectivity index (χ0v) is 19.2. The molecule has 2 aromatic carbocycles. The Bertz CT molecular complexity index is 1040. The highest BCUT2D eigenvalue weighted by molar-refractivity contribution is 8.18. The fourth-order valence-corrected chi connectivity index (χ4v) is 3.83. The number of amides is 2. The Kier molecular flexibility index (Phi) is 7.58. The maximum atomic E-state index is 12.8. The monoisotopic (exact) mass is 455 g/mol. The van der Waals surface area contributed by atoms with Crippen molar-refractivity contribution in [3.05, 3.63) is 64.1 Å². The van der Waals surface area contributed by atoms with Crippen LogP contribution in [0.5, 0.6) is 11.5 Å². The molecule has 0 bridgehead atoms. The van der Waals surface area contributed by atoms with E-state index in [1.807, 2.05) is 31.2 Å². The van der Waals surface area contributed by atoms with Crippen molar-refractivity contribution in [3.63, 3.8) is 0 Å². The van der Waals surface area contributed by atoms with Gasteiger partial charge in [-0.1, -0.05) is 35.9 Å². The predicted molar refractivity (Wildman–Crippen MR) is 122 cm³/mol. The number of methoxy groups -OCH3 is 1. The maximum absolute atomic E-state index is 12.8. The summed E-state index contributed by atoms with van der Waals surface area (Å²) in [5, 5.41) is -0.308. The summed E-state index contributed by atoms with van der Waals surface area (Å²) in [7, 11) is 1.48. The number of carbonyl (C=O) groups is 3. The summed E-state index contributed by atoms with van der Waals surface area (Å²) < 4.78 is 15.9. The average Bonchev–Trinajstić information content (AvgIpc) is 3.01. The summed E-state index contributed by atoms with van der Waals surface area (Å²) >= 11 is 0.902. The Balaban J connectivity index is 1.71. The molecule has 0 aromatic heterocycles. The molecule has 7 nitrogen and oxygen atoms in total. The third-order valence-corrected chi connectivity index (χ3v) is 5.44. The van der Waals surface area contributed by atoms with Crippen molar-refractivity contribution in [1.82, 2.24) is 4.90 Å². The first-order valence-corrected chi connectivity index (χ1v) is 10.9. The van der Waals surface area contributed by atoms with Crippen LogP contribution in [0.3, 0.4) is 0 Å². The molecular formula is C24H25NO6S. The van der Waals surface area contributed by atoms with E-state index in [-0.39, 0.29) is 30.4 Å². The van der Waals surface area contributed by atoms with Crippen molar-refractivity contribution >= 4 is 35.0 Å². The number of esters is 1. The lowest BCUT2D eigenvalue weighted by molar-refractivity contribution is -0.149. The van der Waals surface area contributed by atoms with Gasteiger partial charge in [-0.05, 0) is 61.9 Å². The van der Waals surface area contributed by atoms with Crippen LogP contribution in [0.4, 0.5) is 4.79 Å². The quantitative estimate of drug-likeness (QED) is 0.426. The minimum absolute atomic E-state index is 0.225. The summed E-state index contributed by atoms with van der Waals surface area (Å²) in [4.78, 5) is 38.4. The summed E-state index contributed by atoms with van der Waals surface area (Å²) in [6.07, 6.45) is 1.41. The molecule has 0 N–H and O–H groups in total. The van der Waals surface area contributed by atoms with Gasteiger partial charge in [-0.25, -0.2) is 4.79 Å². The van der Waals surface area contributed by atoms with E-state index in [0.29, 0.717) is 22.0 Å². The molecule has 168 valence electrons. The van der Waals surface area contributed by atoms with Crippen LogP contribution in [0.2, 0.25) is 0 Å². The second-order valence-electron chi connectivity index (χ2n) is 7.49. The molecule has 1 fully saturated rings. The fraction of sp³-hybridized carbons (Fsp3) is 0.292. The van der Waals surface area contributed by atoms with Crippen LogP contribution in [-0.4, -0.2) is 41.8 Å². The molecule has 32 heavy (non-hydrogen) atoms. The molecule has 3 rings (SSSR count). The number of rotatable bonds is 8. The highest BCUT2D eigenvalue weighted by Crippen LogP contribution is 2.35. The molecule has 0 saturated carbocycles. The number of benzene rings is 2. The van der Waals surface area contributed by atoms with Gasteiger partial charge in [-0.2, -0.15) is 0 Å². The molecule has 2 amide bonds. The zero-order valence-electron chi connectivity index (χ0n) is 18.4. The number of thioether (sulfide) groups is 1. The first-order chi connectivity index (χ1) is 15.3. The smallest absolute Gasteiger partial charge is 0.344 e. The van der Waals surface area contributed by atoms with Crippen LogP contribution >= 0.6 is 11.8 Å². The van der Waals surface area contributed by atoms with Gasteiger partial charge in [0.15, 0.2) is 18.1 Å². The van der Waals surface area contributed by atoms with Crippen molar-refractivity contribution < 1.29 is 28.6 Å². The van der Waals surface area contributed by atoms with Crippen molar-refractivity contribution in [2.45, 2.75) is 33.4 Å². The van der Waals surface area contributed by atoms with Gasteiger partial charge in [0.25, 0.3) is 11.1 Å². The summed E-state index contributed by atoms with van der Waals surface area (Å²) in [5.41, 5.74) is 2.67. The third kappa shape index (κ3) is 5.91. The molecule has 1 aliphatic rings. The van der Waals surface area contributed by atoms with Crippen LogP contribution in [-0.2, 0) is 20.9 Å².